The molecule has 134 valence electrons. The third-order valence-electron chi connectivity index (χ3n) is 6.43. The minimum Gasteiger partial charge on any atom is -0.0590 e. The van der Waals surface area contributed by atoms with E-state index in [2.05, 4.69) is 86.6 Å². The Morgan fingerprint density at radius 1 is 0.429 bits per heavy atom. The fraction of sp³-hybridized carbons (Fsp3) is 0.143. The summed E-state index contributed by atoms with van der Waals surface area (Å²) in [6, 6.07) is 27.8. The second-order valence-corrected chi connectivity index (χ2v) is 8.42. The smallest absolute Gasteiger partial charge is 0.00134 e. The van der Waals surface area contributed by atoms with Crippen LogP contribution in [-0.2, 0) is 12.8 Å². The Morgan fingerprint density at radius 3 is 1.21 bits per heavy atom. The third-order valence-corrected chi connectivity index (χ3v) is 6.43. The van der Waals surface area contributed by atoms with Crippen molar-refractivity contribution in [2.45, 2.75) is 26.7 Å². The lowest BCUT2D eigenvalue weighted by molar-refractivity contribution is 1.25. The summed E-state index contributed by atoms with van der Waals surface area (Å²) in [5, 5.41) is 0. The molecule has 0 N–H and O–H groups in total. The number of hydrogen-bond donors (Lipinski definition) is 0. The first-order chi connectivity index (χ1) is 13.7. The van der Waals surface area contributed by atoms with Crippen molar-refractivity contribution in [1.29, 1.82) is 0 Å². The van der Waals surface area contributed by atoms with Gasteiger partial charge in [0.1, 0.15) is 0 Å². The molecule has 0 amide bonds. The summed E-state index contributed by atoms with van der Waals surface area (Å²) in [4.78, 5) is 0. The predicted molar refractivity (Wildman–Crippen MR) is 118 cm³/mol. The number of hydrogen-bond acceptors (Lipinski definition) is 0. The predicted octanol–water partition coefficient (Wildman–Crippen LogP) is 7.11. The van der Waals surface area contributed by atoms with E-state index >= 15 is 0 Å². The highest BCUT2D eigenvalue weighted by atomic mass is 14.2. The Morgan fingerprint density at radius 2 is 0.786 bits per heavy atom. The van der Waals surface area contributed by atoms with Crippen LogP contribution in [0.15, 0.2) is 72.8 Å². The fourth-order valence-corrected chi connectivity index (χ4v) is 4.92. The van der Waals surface area contributed by atoms with E-state index in [-0.39, 0.29) is 0 Å². The average molecular weight is 358 g/mol. The highest BCUT2D eigenvalue weighted by Crippen LogP contribution is 2.42. The van der Waals surface area contributed by atoms with E-state index in [1.165, 1.54) is 66.8 Å². The monoisotopic (exact) mass is 358 g/mol. The molecule has 0 saturated heterocycles. The molecule has 0 spiro atoms. The van der Waals surface area contributed by atoms with Gasteiger partial charge in [-0.2, -0.15) is 0 Å². The van der Waals surface area contributed by atoms with Crippen LogP contribution in [0.5, 0.6) is 0 Å². The molecule has 0 nitrogen and oxygen atoms in total. The van der Waals surface area contributed by atoms with Crippen LogP contribution in [0.1, 0.15) is 33.4 Å². The zero-order valence-electron chi connectivity index (χ0n) is 16.3. The minimum absolute atomic E-state index is 1.06. The summed E-state index contributed by atoms with van der Waals surface area (Å²) in [5.74, 6) is 0. The molecule has 0 unspecified atom stereocenters. The Hall–Kier alpha value is -3.12. The molecule has 0 bridgehead atoms. The van der Waals surface area contributed by atoms with Crippen molar-refractivity contribution in [3.05, 3.63) is 106 Å². The van der Waals surface area contributed by atoms with Crippen LogP contribution < -0.4 is 0 Å². The maximum atomic E-state index is 2.40. The molecule has 0 radical (unpaired) electrons. The van der Waals surface area contributed by atoms with Gasteiger partial charge in [0.15, 0.2) is 0 Å². The van der Waals surface area contributed by atoms with Crippen molar-refractivity contribution in [2.75, 3.05) is 0 Å². The van der Waals surface area contributed by atoms with Gasteiger partial charge in [-0.1, -0.05) is 71.8 Å². The van der Waals surface area contributed by atoms with Gasteiger partial charge in [0.25, 0.3) is 0 Å². The molecule has 4 aromatic rings. The SMILES string of the molecule is Cc1ccc2c(c1)-c1cc(-c3ccc4c(c3)-c3cc(C)ccc3C4)ccc1C2. The molecular weight excluding hydrogens is 336 g/mol. The molecule has 2 aliphatic rings. The lowest BCUT2D eigenvalue weighted by Crippen LogP contribution is -1.86. The molecule has 2 aliphatic carbocycles. The third kappa shape index (κ3) is 2.31. The number of aryl methyl sites for hydroxylation is 2. The minimum atomic E-state index is 1.06. The molecule has 0 saturated carbocycles. The van der Waals surface area contributed by atoms with Gasteiger partial charge < -0.3 is 0 Å². The van der Waals surface area contributed by atoms with Gasteiger partial charge in [-0.3, -0.25) is 0 Å². The second-order valence-electron chi connectivity index (χ2n) is 8.42. The van der Waals surface area contributed by atoms with Gasteiger partial charge in [0, 0.05) is 0 Å². The lowest BCUT2D eigenvalue weighted by atomic mass is 9.95. The van der Waals surface area contributed by atoms with Gasteiger partial charge in [-0.15, -0.1) is 0 Å². The molecule has 4 aromatic carbocycles. The van der Waals surface area contributed by atoms with Crippen molar-refractivity contribution in [3.63, 3.8) is 0 Å². The summed E-state index contributed by atoms with van der Waals surface area (Å²) < 4.78 is 0. The van der Waals surface area contributed by atoms with Crippen LogP contribution in [0.4, 0.5) is 0 Å². The van der Waals surface area contributed by atoms with Gasteiger partial charge in [-0.05, 0) is 94.5 Å². The Balaban J connectivity index is 1.48. The number of rotatable bonds is 1. The topological polar surface area (TPSA) is 0 Å². The van der Waals surface area contributed by atoms with E-state index in [1.807, 2.05) is 0 Å². The highest BCUT2D eigenvalue weighted by Gasteiger charge is 2.21. The average Bonchev–Trinajstić information content (AvgIpc) is 3.24. The molecule has 0 atom stereocenters. The van der Waals surface area contributed by atoms with Crippen LogP contribution in [0.25, 0.3) is 33.4 Å². The van der Waals surface area contributed by atoms with E-state index in [1.54, 1.807) is 0 Å². The standard InChI is InChI=1S/C28H22/c1-17-3-5-21-13-23-9-7-19(15-27(23)25(21)11-17)20-8-10-24-14-22-6-4-18(2)12-26(22)28(24)16-20/h3-12,15-16H,13-14H2,1-2H3. The van der Waals surface area contributed by atoms with E-state index in [4.69, 9.17) is 0 Å². The van der Waals surface area contributed by atoms with Crippen molar-refractivity contribution in [1.82, 2.24) is 0 Å². The first-order valence-corrected chi connectivity index (χ1v) is 10.1. The Bertz CT molecular complexity index is 1170. The molecule has 28 heavy (non-hydrogen) atoms. The molecule has 0 heterocycles. The van der Waals surface area contributed by atoms with Crippen molar-refractivity contribution >= 4 is 0 Å². The quantitative estimate of drug-likeness (QED) is 0.294. The molecule has 0 heteroatoms. The second kappa shape index (κ2) is 5.69. The largest absolute Gasteiger partial charge is 0.0590 e. The van der Waals surface area contributed by atoms with Crippen molar-refractivity contribution in [3.8, 4) is 33.4 Å². The summed E-state index contributed by atoms with van der Waals surface area (Å²) in [6.07, 6.45) is 2.12. The van der Waals surface area contributed by atoms with Gasteiger partial charge in [0.05, 0.1) is 0 Å². The lowest BCUT2D eigenvalue weighted by Gasteiger charge is -2.09. The summed E-state index contributed by atoms with van der Waals surface area (Å²) in [6.45, 7) is 4.37. The van der Waals surface area contributed by atoms with Gasteiger partial charge >= 0.3 is 0 Å². The van der Waals surface area contributed by atoms with Crippen LogP contribution in [-0.4, -0.2) is 0 Å². The molecular formula is C28H22. The molecule has 0 fully saturated rings. The van der Waals surface area contributed by atoms with Crippen LogP contribution >= 0.6 is 0 Å². The first kappa shape index (κ1) is 15.9. The summed E-state index contributed by atoms with van der Waals surface area (Å²) >= 11 is 0. The Kier molecular flexibility index (Phi) is 3.23. The molecule has 0 aliphatic heterocycles. The van der Waals surface area contributed by atoms with Gasteiger partial charge in [-0.25, -0.2) is 0 Å². The van der Waals surface area contributed by atoms with Crippen LogP contribution in [0.3, 0.4) is 0 Å². The van der Waals surface area contributed by atoms with Gasteiger partial charge in [0.2, 0.25) is 0 Å². The number of fused-ring (bicyclic) bond motifs is 6. The van der Waals surface area contributed by atoms with Crippen molar-refractivity contribution in [2.24, 2.45) is 0 Å². The van der Waals surface area contributed by atoms with E-state index < -0.39 is 0 Å². The highest BCUT2D eigenvalue weighted by molar-refractivity contribution is 5.85. The molecule has 6 rings (SSSR count). The zero-order valence-corrected chi connectivity index (χ0v) is 16.3. The summed E-state index contributed by atoms with van der Waals surface area (Å²) in [5.41, 5.74) is 16.8. The first-order valence-electron chi connectivity index (χ1n) is 10.1. The van der Waals surface area contributed by atoms with E-state index in [0.29, 0.717) is 0 Å². The van der Waals surface area contributed by atoms with E-state index in [9.17, 15) is 0 Å². The van der Waals surface area contributed by atoms with Crippen LogP contribution in [0, 0.1) is 13.8 Å². The van der Waals surface area contributed by atoms with Crippen LogP contribution in [0.2, 0.25) is 0 Å². The Labute approximate surface area is 166 Å². The molecule has 0 aromatic heterocycles. The van der Waals surface area contributed by atoms with Crippen molar-refractivity contribution < 1.29 is 0 Å². The summed E-state index contributed by atoms with van der Waals surface area (Å²) in [7, 11) is 0. The maximum Gasteiger partial charge on any atom is -0.00134 e. The maximum absolute atomic E-state index is 2.40. The van der Waals surface area contributed by atoms with E-state index in [0.717, 1.165) is 12.8 Å². The fourth-order valence-electron chi connectivity index (χ4n) is 4.92. The zero-order chi connectivity index (χ0) is 18.8. The number of benzene rings is 4. The normalized spacial score (nSPS) is 13.1.